The van der Waals surface area contributed by atoms with E-state index in [0.29, 0.717) is 25.8 Å². The maximum atomic E-state index is 5.37. The standard InChI is InChI=1S/C11H21NO2/c1-5-8-10(4)12-9-11(13-6-2)14-7-3/h1,10-12H,6-9H2,2-4H3. The monoisotopic (exact) mass is 199 g/mol. The van der Waals surface area contributed by atoms with Gasteiger partial charge in [-0.05, 0) is 20.8 Å². The van der Waals surface area contributed by atoms with E-state index in [1.807, 2.05) is 13.8 Å². The molecule has 82 valence electrons. The zero-order valence-electron chi connectivity index (χ0n) is 9.38. The van der Waals surface area contributed by atoms with E-state index in [1.54, 1.807) is 0 Å². The van der Waals surface area contributed by atoms with Crippen molar-refractivity contribution in [1.82, 2.24) is 5.32 Å². The maximum Gasteiger partial charge on any atom is 0.169 e. The van der Waals surface area contributed by atoms with E-state index in [-0.39, 0.29) is 6.29 Å². The number of hydrogen-bond donors (Lipinski definition) is 1. The smallest absolute Gasteiger partial charge is 0.169 e. The summed E-state index contributed by atoms with van der Waals surface area (Å²) in [7, 11) is 0. The second kappa shape index (κ2) is 9.01. The van der Waals surface area contributed by atoms with Crippen molar-refractivity contribution in [1.29, 1.82) is 0 Å². The Morgan fingerprint density at radius 2 is 1.86 bits per heavy atom. The highest BCUT2D eigenvalue weighted by molar-refractivity contribution is 4.88. The minimum absolute atomic E-state index is 0.162. The van der Waals surface area contributed by atoms with Crippen molar-refractivity contribution in [2.24, 2.45) is 0 Å². The molecule has 0 bridgehead atoms. The van der Waals surface area contributed by atoms with Crippen molar-refractivity contribution in [2.45, 2.75) is 39.5 Å². The molecule has 0 rings (SSSR count). The average Bonchev–Trinajstić information content (AvgIpc) is 2.15. The van der Waals surface area contributed by atoms with Gasteiger partial charge in [0.1, 0.15) is 0 Å². The molecule has 0 aliphatic carbocycles. The first kappa shape index (κ1) is 13.4. The van der Waals surface area contributed by atoms with Gasteiger partial charge in [-0.15, -0.1) is 12.3 Å². The van der Waals surface area contributed by atoms with Crippen molar-refractivity contribution < 1.29 is 9.47 Å². The highest BCUT2D eigenvalue weighted by Crippen LogP contribution is 1.95. The van der Waals surface area contributed by atoms with Crippen molar-refractivity contribution in [3.05, 3.63) is 0 Å². The molecule has 0 aromatic carbocycles. The van der Waals surface area contributed by atoms with Crippen LogP contribution in [0.1, 0.15) is 27.2 Å². The van der Waals surface area contributed by atoms with Gasteiger partial charge in [-0.2, -0.15) is 0 Å². The Bertz CT molecular complexity index is 159. The number of rotatable bonds is 8. The van der Waals surface area contributed by atoms with Crippen LogP contribution in [0.3, 0.4) is 0 Å². The third-order valence-corrected chi connectivity index (χ3v) is 1.76. The fourth-order valence-corrected chi connectivity index (χ4v) is 1.08. The SMILES string of the molecule is C#CCC(C)NCC(OCC)OCC. The molecule has 0 heterocycles. The predicted molar refractivity (Wildman–Crippen MR) is 58.0 cm³/mol. The summed E-state index contributed by atoms with van der Waals surface area (Å²) in [6, 6.07) is 0.309. The minimum atomic E-state index is -0.162. The van der Waals surface area contributed by atoms with Gasteiger partial charge in [-0.1, -0.05) is 0 Å². The van der Waals surface area contributed by atoms with Gasteiger partial charge in [0, 0.05) is 32.2 Å². The first-order chi connectivity index (χ1) is 6.74. The van der Waals surface area contributed by atoms with Crippen LogP contribution in [-0.2, 0) is 9.47 Å². The Hall–Kier alpha value is -0.560. The quantitative estimate of drug-likeness (QED) is 0.473. The van der Waals surface area contributed by atoms with E-state index in [4.69, 9.17) is 15.9 Å². The Kier molecular flexibility index (Phi) is 8.65. The van der Waals surface area contributed by atoms with Crippen LogP contribution >= 0.6 is 0 Å². The van der Waals surface area contributed by atoms with Crippen molar-refractivity contribution in [3.8, 4) is 12.3 Å². The molecule has 0 saturated carbocycles. The van der Waals surface area contributed by atoms with Crippen molar-refractivity contribution in [2.75, 3.05) is 19.8 Å². The molecule has 1 atom stereocenters. The van der Waals surface area contributed by atoms with Gasteiger partial charge >= 0.3 is 0 Å². The summed E-state index contributed by atoms with van der Waals surface area (Å²) in [5.74, 6) is 2.61. The molecular formula is C11H21NO2. The van der Waals surface area contributed by atoms with E-state index < -0.39 is 0 Å². The molecule has 3 nitrogen and oxygen atoms in total. The zero-order chi connectivity index (χ0) is 10.8. The summed E-state index contributed by atoms with van der Waals surface area (Å²) in [6.07, 6.45) is 5.77. The summed E-state index contributed by atoms with van der Waals surface area (Å²) >= 11 is 0. The first-order valence-electron chi connectivity index (χ1n) is 5.14. The summed E-state index contributed by atoms with van der Waals surface area (Å²) in [4.78, 5) is 0. The maximum absolute atomic E-state index is 5.37. The second-order valence-corrected chi connectivity index (χ2v) is 3.06. The van der Waals surface area contributed by atoms with E-state index in [2.05, 4.69) is 18.2 Å². The first-order valence-corrected chi connectivity index (χ1v) is 5.14. The fraction of sp³-hybridized carbons (Fsp3) is 0.818. The summed E-state index contributed by atoms with van der Waals surface area (Å²) in [5, 5.41) is 3.26. The molecule has 0 aromatic heterocycles. The Balaban J connectivity index is 3.64. The van der Waals surface area contributed by atoms with Crippen LogP contribution in [0, 0.1) is 12.3 Å². The predicted octanol–water partition coefficient (Wildman–Crippen LogP) is 1.39. The van der Waals surface area contributed by atoms with E-state index >= 15 is 0 Å². The van der Waals surface area contributed by atoms with Crippen LogP contribution in [0.15, 0.2) is 0 Å². The minimum Gasteiger partial charge on any atom is -0.352 e. The third-order valence-electron chi connectivity index (χ3n) is 1.76. The molecular weight excluding hydrogens is 178 g/mol. The molecule has 1 N–H and O–H groups in total. The lowest BCUT2D eigenvalue weighted by Gasteiger charge is -2.19. The van der Waals surface area contributed by atoms with Crippen LogP contribution in [0.5, 0.6) is 0 Å². The molecule has 0 amide bonds. The molecule has 0 saturated heterocycles. The molecule has 14 heavy (non-hydrogen) atoms. The number of ether oxygens (including phenoxy) is 2. The Labute approximate surface area is 87.2 Å². The number of hydrogen-bond acceptors (Lipinski definition) is 3. The zero-order valence-corrected chi connectivity index (χ0v) is 9.38. The molecule has 0 spiro atoms. The van der Waals surface area contributed by atoms with Gasteiger partial charge in [-0.3, -0.25) is 0 Å². The molecule has 0 fully saturated rings. The van der Waals surface area contributed by atoms with E-state index in [1.165, 1.54) is 0 Å². The summed E-state index contributed by atoms with van der Waals surface area (Å²) in [6.45, 7) is 7.97. The lowest BCUT2D eigenvalue weighted by atomic mass is 10.2. The van der Waals surface area contributed by atoms with Crippen LogP contribution in [0.25, 0.3) is 0 Å². The highest BCUT2D eigenvalue weighted by atomic mass is 16.7. The fourth-order valence-electron chi connectivity index (χ4n) is 1.08. The normalized spacial score (nSPS) is 12.8. The van der Waals surface area contributed by atoms with E-state index in [0.717, 1.165) is 6.42 Å². The van der Waals surface area contributed by atoms with E-state index in [9.17, 15) is 0 Å². The van der Waals surface area contributed by atoms with Gasteiger partial charge in [0.25, 0.3) is 0 Å². The lowest BCUT2D eigenvalue weighted by molar-refractivity contribution is -0.133. The molecule has 1 unspecified atom stereocenters. The highest BCUT2D eigenvalue weighted by Gasteiger charge is 2.08. The van der Waals surface area contributed by atoms with Crippen LogP contribution in [-0.4, -0.2) is 32.1 Å². The third kappa shape index (κ3) is 6.90. The summed E-state index contributed by atoms with van der Waals surface area (Å²) < 4.78 is 10.7. The second-order valence-electron chi connectivity index (χ2n) is 3.06. The van der Waals surface area contributed by atoms with Crippen LogP contribution in [0.4, 0.5) is 0 Å². The van der Waals surface area contributed by atoms with Gasteiger partial charge in [0.05, 0.1) is 0 Å². The molecule has 0 aromatic rings. The largest absolute Gasteiger partial charge is 0.352 e. The van der Waals surface area contributed by atoms with Gasteiger partial charge < -0.3 is 14.8 Å². The molecule has 0 aliphatic heterocycles. The molecule has 0 aliphatic rings. The lowest BCUT2D eigenvalue weighted by Crippen LogP contribution is -2.36. The Morgan fingerprint density at radius 1 is 1.29 bits per heavy atom. The van der Waals surface area contributed by atoms with Crippen LogP contribution in [0.2, 0.25) is 0 Å². The average molecular weight is 199 g/mol. The van der Waals surface area contributed by atoms with Gasteiger partial charge in [-0.25, -0.2) is 0 Å². The van der Waals surface area contributed by atoms with Gasteiger partial charge in [0.2, 0.25) is 0 Å². The molecule has 3 heteroatoms. The van der Waals surface area contributed by atoms with Gasteiger partial charge in [0.15, 0.2) is 6.29 Å². The van der Waals surface area contributed by atoms with Crippen molar-refractivity contribution >= 4 is 0 Å². The van der Waals surface area contributed by atoms with Crippen molar-refractivity contribution in [3.63, 3.8) is 0 Å². The summed E-state index contributed by atoms with van der Waals surface area (Å²) in [5.41, 5.74) is 0. The molecule has 0 radical (unpaired) electrons. The number of nitrogens with one attached hydrogen (secondary N) is 1. The van der Waals surface area contributed by atoms with Crippen LogP contribution < -0.4 is 5.32 Å². The Morgan fingerprint density at radius 3 is 2.29 bits per heavy atom. The number of terminal acetylenes is 1. The topological polar surface area (TPSA) is 30.5 Å².